The minimum absolute atomic E-state index is 0.0153. The molecule has 10 heteroatoms. The molecule has 0 unspecified atom stereocenters. The summed E-state index contributed by atoms with van der Waals surface area (Å²) in [5, 5.41) is 5.60. The highest BCUT2D eigenvalue weighted by molar-refractivity contribution is 7.91. The van der Waals surface area contributed by atoms with Crippen molar-refractivity contribution >= 4 is 27.3 Å². The Bertz CT molecular complexity index is 1110. The predicted molar refractivity (Wildman–Crippen MR) is 129 cm³/mol. The van der Waals surface area contributed by atoms with E-state index in [-0.39, 0.29) is 30.2 Å². The van der Waals surface area contributed by atoms with Crippen molar-refractivity contribution in [2.45, 2.75) is 30.7 Å². The van der Waals surface area contributed by atoms with Gasteiger partial charge in [0.1, 0.15) is 0 Å². The number of anilines is 1. The van der Waals surface area contributed by atoms with Crippen molar-refractivity contribution in [3.63, 3.8) is 0 Å². The quantitative estimate of drug-likeness (QED) is 0.554. The highest BCUT2D eigenvalue weighted by Crippen LogP contribution is 2.27. The Morgan fingerprint density at radius 1 is 1.00 bits per heavy atom. The molecule has 0 radical (unpaired) electrons. The molecular formula is C24H31N3O6S. The third kappa shape index (κ3) is 6.19. The predicted octanol–water partition coefficient (Wildman–Crippen LogP) is 2.01. The first kappa shape index (κ1) is 25.4. The number of nitrogens with one attached hydrogen (secondary N) is 2. The fraction of sp³-hybridized carbons (Fsp3) is 0.417. The van der Waals surface area contributed by atoms with Crippen LogP contribution in [-0.4, -0.2) is 65.9 Å². The maximum atomic E-state index is 12.4. The van der Waals surface area contributed by atoms with E-state index in [0.717, 1.165) is 31.6 Å². The molecule has 2 amide bonds. The van der Waals surface area contributed by atoms with Crippen molar-refractivity contribution in [1.29, 1.82) is 0 Å². The average Bonchev–Trinajstić information content (AvgIpc) is 2.87. The van der Waals surface area contributed by atoms with Crippen LogP contribution >= 0.6 is 0 Å². The lowest BCUT2D eigenvalue weighted by molar-refractivity contribution is -0.120. The molecule has 3 rings (SSSR count). The molecule has 0 atom stereocenters. The van der Waals surface area contributed by atoms with Crippen LogP contribution in [-0.2, 0) is 14.6 Å². The number of methoxy groups -OCH3 is 2. The van der Waals surface area contributed by atoms with Gasteiger partial charge in [0.2, 0.25) is 5.91 Å². The van der Waals surface area contributed by atoms with Gasteiger partial charge >= 0.3 is 0 Å². The molecule has 0 spiro atoms. The van der Waals surface area contributed by atoms with E-state index in [2.05, 4.69) is 15.5 Å². The number of sulfone groups is 1. The zero-order valence-corrected chi connectivity index (χ0v) is 20.5. The van der Waals surface area contributed by atoms with Crippen molar-refractivity contribution in [3.05, 3.63) is 48.0 Å². The summed E-state index contributed by atoms with van der Waals surface area (Å²) in [6.07, 6.45) is 1.51. The van der Waals surface area contributed by atoms with Gasteiger partial charge in [-0.05, 0) is 55.3 Å². The average molecular weight is 490 g/mol. The third-order valence-corrected chi connectivity index (χ3v) is 7.61. The van der Waals surface area contributed by atoms with Crippen LogP contribution < -0.4 is 25.0 Å². The van der Waals surface area contributed by atoms with Crippen molar-refractivity contribution < 1.29 is 27.5 Å². The van der Waals surface area contributed by atoms with E-state index in [1.165, 1.54) is 14.2 Å². The summed E-state index contributed by atoms with van der Waals surface area (Å²) in [6, 6.07) is 11.8. The highest BCUT2D eigenvalue weighted by Gasteiger charge is 2.22. The summed E-state index contributed by atoms with van der Waals surface area (Å²) in [5.41, 5.74) is 1.33. The molecule has 0 saturated carbocycles. The molecule has 9 nitrogen and oxygen atoms in total. The Morgan fingerprint density at radius 2 is 1.65 bits per heavy atom. The van der Waals surface area contributed by atoms with E-state index in [1.807, 2.05) is 12.1 Å². The zero-order chi connectivity index (χ0) is 24.7. The lowest BCUT2D eigenvalue weighted by Gasteiger charge is -2.34. The van der Waals surface area contributed by atoms with Crippen molar-refractivity contribution in [1.82, 2.24) is 10.6 Å². The van der Waals surface area contributed by atoms with Crippen molar-refractivity contribution in [2.75, 3.05) is 44.5 Å². The summed E-state index contributed by atoms with van der Waals surface area (Å²) in [7, 11) is -0.206. The summed E-state index contributed by atoms with van der Waals surface area (Å²) in [5.74, 6) is 0.408. The molecule has 184 valence electrons. The molecule has 1 heterocycles. The van der Waals surface area contributed by atoms with Gasteiger partial charge in [-0.3, -0.25) is 9.59 Å². The zero-order valence-electron chi connectivity index (χ0n) is 19.7. The molecule has 1 aliphatic heterocycles. The Morgan fingerprint density at radius 3 is 2.24 bits per heavy atom. The van der Waals surface area contributed by atoms with E-state index >= 15 is 0 Å². The first-order chi connectivity index (χ1) is 16.3. The maximum absolute atomic E-state index is 12.4. The SMILES string of the molecule is CCS(=O)(=O)c1ccc(N2CCC(NC(=O)CNC(=O)c3ccc(OC)c(OC)c3)CC2)cc1. The molecule has 2 aromatic rings. The van der Waals surface area contributed by atoms with E-state index < -0.39 is 9.84 Å². The first-order valence-electron chi connectivity index (χ1n) is 11.1. The minimum Gasteiger partial charge on any atom is -0.493 e. The molecule has 2 N–H and O–H groups in total. The molecule has 2 aromatic carbocycles. The van der Waals surface area contributed by atoms with Gasteiger partial charge in [-0.2, -0.15) is 0 Å². The number of carbonyl (C=O) groups is 2. The van der Waals surface area contributed by atoms with Gasteiger partial charge in [-0.1, -0.05) is 6.92 Å². The molecule has 34 heavy (non-hydrogen) atoms. The van der Waals surface area contributed by atoms with E-state index in [1.54, 1.807) is 37.3 Å². The molecule has 1 aliphatic rings. The van der Waals surface area contributed by atoms with Gasteiger partial charge in [0.25, 0.3) is 5.91 Å². The van der Waals surface area contributed by atoms with Gasteiger partial charge in [-0.15, -0.1) is 0 Å². The number of ether oxygens (including phenoxy) is 2. The molecule has 0 aliphatic carbocycles. The fourth-order valence-electron chi connectivity index (χ4n) is 3.83. The van der Waals surface area contributed by atoms with Crippen LogP contribution in [0.3, 0.4) is 0 Å². The second-order valence-electron chi connectivity index (χ2n) is 7.98. The summed E-state index contributed by atoms with van der Waals surface area (Å²) in [4.78, 5) is 27.2. The minimum atomic E-state index is -3.21. The number of hydrogen-bond donors (Lipinski definition) is 2. The molecule has 1 saturated heterocycles. The highest BCUT2D eigenvalue weighted by atomic mass is 32.2. The maximum Gasteiger partial charge on any atom is 0.251 e. The van der Waals surface area contributed by atoms with Gasteiger partial charge in [-0.25, -0.2) is 8.42 Å². The number of piperidine rings is 1. The number of nitrogens with zero attached hydrogens (tertiary/aromatic N) is 1. The first-order valence-corrected chi connectivity index (χ1v) is 12.8. The van der Waals surface area contributed by atoms with E-state index in [4.69, 9.17) is 9.47 Å². The Labute approximate surface area is 200 Å². The van der Waals surface area contributed by atoms with Crippen molar-refractivity contribution in [3.8, 4) is 11.5 Å². The van der Waals surface area contributed by atoms with E-state index in [0.29, 0.717) is 22.0 Å². The second kappa shape index (κ2) is 11.2. The summed E-state index contributed by atoms with van der Waals surface area (Å²) in [6.45, 7) is 2.98. The van der Waals surface area contributed by atoms with Crippen LogP contribution in [0.15, 0.2) is 47.4 Å². The van der Waals surface area contributed by atoms with Crippen molar-refractivity contribution in [2.24, 2.45) is 0 Å². The van der Waals surface area contributed by atoms with Gasteiger partial charge < -0.3 is 25.0 Å². The van der Waals surface area contributed by atoms with Crippen LogP contribution in [0.4, 0.5) is 5.69 Å². The van der Waals surface area contributed by atoms with Crippen LogP contribution in [0.5, 0.6) is 11.5 Å². The Hall–Kier alpha value is -3.27. The Balaban J connectivity index is 1.45. The third-order valence-electron chi connectivity index (χ3n) is 5.86. The van der Waals surface area contributed by atoms with Crippen LogP contribution in [0.25, 0.3) is 0 Å². The summed E-state index contributed by atoms with van der Waals surface area (Å²) < 4.78 is 34.3. The van der Waals surface area contributed by atoms with Crippen LogP contribution in [0, 0.1) is 0 Å². The smallest absolute Gasteiger partial charge is 0.251 e. The number of benzene rings is 2. The number of carbonyl (C=O) groups excluding carboxylic acids is 2. The molecule has 0 bridgehead atoms. The van der Waals surface area contributed by atoms with Gasteiger partial charge in [0.15, 0.2) is 21.3 Å². The van der Waals surface area contributed by atoms with Crippen LogP contribution in [0.1, 0.15) is 30.1 Å². The topological polar surface area (TPSA) is 114 Å². The second-order valence-corrected chi connectivity index (χ2v) is 10.3. The summed E-state index contributed by atoms with van der Waals surface area (Å²) >= 11 is 0. The normalized spacial score (nSPS) is 14.4. The van der Waals surface area contributed by atoms with Gasteiger partial charge in [0.05, 0.1) is 31.4 Å². The number of rotatable bonds is 9. The lowest BCUT2D eigenvalue weighted by Crippen LogP contribution is -2.47. The molecule has 1 fully saturated rings. The fourth-order valence-corrected chi connectivity index (χ4v) is 4.72. The molecular weight excluding hydrogens is 458 g/mol. The standard InChI is InChI=1S/C24H31N3O6S/c1-4-34(30,31)20-8-6-19(7-9-20)27-13-11-18(12-14-27)26-23(28)16-25-24(29)17-5-10-21(32-2)22(15-17)33-3/h5-10,15,18H,4,11-14,16H2,1-3H3,(H,25,29)(H,26,28). The van der Waals surface area contributed by atoms with Crippen LogP contribution in [0.2, 0.25) is 0 Å². The number of amides is 2. The van der Waals surface area contributed by atoms with E-state index in [9.17, 15) is 18.0 Å². The molecule has 0 aromatic heterocycles. The lowest BCUT2D eigenvalue weighted by atomic mass is 10.0. The number of hydrogen-bond acceptors (Lipinski definition) is 7. The van der Waals surface area contributed by atoms with Gasteiger partial charge in [0, 0.05) is 30.4 Å². The monoisotopic (exact) mass is 489 g/mol. The Kier molecular flexibility index (Phi) is 8.38. The largest absolute Gasteiger partial charge is 0.493 e.